The lowest BCUT2D eigenvalue weighted by Gasteiger charge is -2.28. The highest BCUT2D eigenvalue weighted by Crippen LogP contribution is 2.38. The molecule has 0 bridgehead atoms. The average Bonchev–Trinajstić information content (AvgIpc) is 3.21. The first-order chi connectivity index (χ1) is 25.3. The van der Waals surface area contributed by atoms with E-state index in [1.165, 1.54) is 44.7 Å². The average molecular weight is 658 g/mol. The molecule has 0 N–H and O–H groups in total. The first kappa shape index (κ1) is 33.3. The third-order valence-corrected chi connectivity index (χ3v) is 9.30. The summed E-state index contributed by atoms with van der Waals surface area (Å²) in [5.41, 5.74) is 14.4. The SMILES string of the molecule is CCCCc1ccccc1N(c1ccc(C=C(c2ccccc2)c2ccccc2)cc1)c1ccc(C=C(c2ccccc2)c2ccccc2)cc1. The maximum Gasteiger partial charge on any atom is 0.0493 e. The highest BCUT2D eigenvalue weighted by Gasteiger charge is 2.16. The number of hydrogen-bond donors (Lipinski definition) is 0. The van der Waals surface area contributed by atoms with Gasteiger partial charge in [-0.2, -0.15) is 0 Å². The van der Waals surface area contributed by atoms with E-state index >= 15 is 0 Å². The van der Waals surface area contributed by atoms with Crippen molar-refractivity contribution in [2.75, 3.05) is 4.90 Å². The van der Waals surface area contributed by atoms with Crippen LogP contribution in [0.25, 0.3) is 23.3 Å². The molecular formula is C50H43N. The van der Waals surface area contributed by atoms with Gasteiger partial charge in [0.2, 0.25) is 0 Å². The zero-order valence-electron chi connectivity index (χ0n) is 29.2. The van der Waals surface area contributed by atoms with Crippen LogP contribution in [0, 0.1) is 0 Å². The zero-order chi connectivity index (χ0) is 34.7. The van der Waals surface area contributed by atoms with Gasteiger partial charge in [-0.25, -0.2) is 0 Å². The molecule has 1 heteroatoms. The molecule has 0 fully saturated rings. The van der Waals surface area contributed by atoms with E-state index in [-0.39, 0.29) is 0 Å². The summed E-state index contributed by atoms with van der Waals surface area (Å²) in [6.07, 6.45) is 7.95. The number of aryl methyl sites for hydroxylation is 1. The molecule has 0 saturated carbocycles. The second-order valence-corrected chi connectivity index (χ2v) is 12.8. The van der Waals surface area contributed by atoms with Crippen LogP contribution in [0.15, 0.2) is 194 Å². The Hall–Kier alpha value is -6.18. The molecule has 0 radical (unpaired) electrons. The minimum atomic E-state index is 1.04. The summed E-state index contributed by atoms with van der Waals surface area (Å²) < 4.78 is 0. The van der Waals surface area contributed by atoms with Gasteiger partial charge >= 0.3 is 0 Å². The number of hydrogen-bond acceptors (Lipinski definition) is 1. The van der Waals surface area contributed by atoms with Crippen molar-refractivity contribution in [3.8, 4) is 0 Å². The van der Waals surface area contributed by atoms with Crippen molar-refractivity contribution in [2.24, 2.45) is 0 Å². The summed E-state index contributed by atoms with van der Waals surface area (Å²) in [7, 11) is 0. The van der Waals surface area contributed by atoms with Gasteiger partial charge < -0.3 is 4.90 Å². The van der Waals surface area contributed by atoms with Crippen LogP contribution in [-0.2, 0) is 6.42 Å². The largest absolute Gasteiger partial charge is 0.310 e. The van der Waals surface area contributed by atoms with Crippen LogP contribution in [0.1, 0.15) is 58.7 Å². The molecule has 0 amide bonds. The lowest BCUT2D eigenvalue weighted by atomic mass is 9.95. The molecule has 0 aliphatic heterocycles. The van der Waals surface area contributed by atoms with Gasteiger partial charge in [-0.1, -0.05) is 177 Å². The van der Waals surface area contributed by atoms with E-state index in [2.05, 4.69) is 218 Å². The molecule has 0 unspecified atom stereocenters. The van der Waals surface area contributed by atoms with Gasteiger partial charge in [0, 0.05) is 17.1 Å². The molecule has 0 aliphatic rings. The number of para-hydroxylation sites is 1. The third kappa shape index (κ3) is 8.18. The lowest BCUT2D eigenvalue weighted by molar-refractivity contribution is 0.795. The van der Waals surface area contributed by atoms with Crippen LogP contribution in [0.2, 0.25) is 0 Å². The van der Waals surface area contributed by atoms with E-state index in [0.29, 0.717) is 0 Å². The van der Waals surface area contributed by atoms with Gasteiger partial charge in [0.15, 0.2) is 0 Å². The second-order valence-electron chi connectivity index (χ2n) is 12.8. The van der Waals surface area contributed by atoms with E-state index in [9.17, 15) is 0 Å². The summed E-state index contributed by atoms with van der Waals surface area (Å²) in [5, 5.41) is 0. The van der Waals surface area contributed by atoms with E-state index in [1.54, 1.807) is 0 Å². The Bertz CT molecular complexity index is 1960. The van der Waals surface area contributed by atoms with Crippen LogP contribution in [0.4, 0.5) is 17.1 Å². The van der Waals surface area contributed by atoms with Crippen molar-refractivity contribution >= 4 is 40.4 Å². The smallest absolute Gasteiger partial charge is 0.0493 e. The molecule has 0 spiro atoms. The molecule has 248 valence electrons. The molecule has 7 aromatic carbocycles. The second kappa shape index (κ2) is 16.5. The Balaban J connectivity index is 1.28. The minimum Gasteiger partial charge on any atom is -0.310 e. The topological polar surface area (TPSA) is 3.24 Å². The van der Waals surface area contributed by atoms with E-state index in [1.807, 2.05) is 0 Å². The Morgan fingerprint density at radius 3 is 1.14 bits per heavy atom. The molecule has 0 heterocycles. The predicted molar refractivity (Wildman–Crippen MR) is 219 cm³/mol. The van der Waals surface area contributed by atoms with E-state index in [4.69, 9.17) is 0 Å². The van der Waals surface area contributed by atoms with Crippen molar-refractivity contribution in [1.82, 2.24) is 0 Å². The van der Waals surface area contributed by atoms with E-state index in [0.717, 1.165) is 41.8 Å². The van der Waals surface area contributed by atoms with E-state index < -0.39 is 0 Å². The maximum atomic E-state index is 2.41. The van der Waals surface area contributed by atoms with Gasteiger partial charge in [-0.3, -0.25) is 0 Å². The Morgan fingerprint density at radius 1 is 0.412 bits per heavy atom. The quantitative estimate of drug-likeness (QED) is 0.118. The summed E-state index contributed by atoms with van der Waals surface area (Å²) in [6.45, 7) is 2.26. The number of benzene rings is 7. The van der Waals surface area contributed by atoms with Crippen molar-refractivity contribution in [3.05, 3.63) is 233 Å². The number of nitrogens with zero attached hydrogens (tertiary/aromatic N) is 1. The number of anilines is 3. The van der Waals surface area contributed by atoms with Crippen molar-refractivity contribution in [2.45, 2.75) is 26.2 Å². The molecule has 1 nitrogen and oxygen atoms in total. The van der Waals surface area contributed by atoms with Gasteiger partial charge in [0.1, 0.15) is 0 Å². The summed E-state index contributed by atoms with van der Waals surface area (Å²) in [5.74, 6) is 0. The number of unbranched alkanes of at least 4 members (excludes halogenated alkanes) is 1. The maximum absolute atomic E-state index is 2.41. The molecule has 51 heavy (non-hydrogen) atoms. The standard InChI is InChI=1S/C50H43N/c1-2-3-18-45-27-16-17-28-50(45)51(46-33-29-39(30-34-46)37-48(41-19-8-4-9-20-41)42-21-10-5-11-22-42)47-35-31-40(32-36-47)38-49(43-23-12-6-13-24-43)44-25-14-7-15-26-44/h4-17,19-38H,2-3,18H2,1H3. The highest BCUT2D eigenvalue weighted by atomic mass is 15.1. The molecule has 7 rings (SSSR count). The Labute approximate surface area is 303 Å². The minimum absolute atomic E-state index is 1.04. The monoisotopic (exact) mass is 657 g/mol. The van der Waals surface area contributed by atoms with Gasteiger partial charge in [-0.15, -0.1) is 0 Å². The van der Waals surface area contributed by atoms with Crippen LogP contribution in [-0.4, -0.2) is 0 Å². The molecule has 7 aromatic rings. The first-order valence-corrected chi connectivity index (χ1v) is 18.0. The summed E-state index contributed by atoms with van der Waals surface area (Å²) in [4.78, 5) is 2.41. The van der Waals surface area contributed by atoms with Crippen LogP contribution in [0.3, 0.4) is 0 Å². The first-order valence-electron chi connectivity index (χ1n) is 18.0. The van der Waals surface area contributed by atoms with Crippen molar-refractivity contribution < 1.29 is 0 Å². The fourth-order valence-corrected chi connectivity index (χ4v) is 6.64. The Kier molecular flexibility index (Phi) is 10.8. The van der Waals surface area contributed by atoms with Gasteiger partial charge in [0.25, 0.3) is 0 Å². The van der Waals surface area contributed by atoms with Crippen LogP contribution >= 0.6 is 0 Å². The molecule has 0 aromatic heterocycles. The molecule has 0 aliphatic carbocycles. The predicted octanol–water partition coefficient (Wildman–Crippen LogP) is 13.7. The molecule has 0 saturated heterocycles. The molecule has 0 atom stereocenters. The highest BCUT2D eigenvalue weighted by molar-refractivity contribution is 5.93. The Morgan fingerprint density at radius 2 is 0.765 bits per heavy atom. The van der Waals surface area contributed by atoms with Crippen LogP contribution < -0.4 is 4.90 Å². The third-order valence-electron chi connectivity index (χ3n) is 9.30. The van der Waals surface area contributed by atoms with Crippen molar-refractivity contribution in [3.63, 3.8) is 0 Å². The van der Waals surface area contributed by atoms with Gasteiger partial charge in [-0.05, 0) is 105 Å². The fraction of sp³-hybridized carbons (Fsp3) is 0.0800. The van der Waals surface area contributed by atoms with Crippen LogP contribution in [0.5, 0.6) is 0 Å². The van der Waals surface area contributed by atoms with Crippen molar-refractivity contribution in [1.29, 1.82) is 0 Å². The normalized spacial score (nSPS) is 10.7. The number of rotatable bonds is 12. The lowest BCUT2D eigenvalue weighted by Crippen LogP contribution is -2.12. The molecular weight excluding hydrogens is 615 g/mol. The fourth-order valence-electron chi connectivity index (χ4n) is 6.64. The summed E-state index contributed by atoms with van der Waals surface area (Å²) in [6, 6.07) is 69.5. The zero-order valence-corrected chi connectivity index (χ0v) is 29.2. The van der Waals surface area contributed by atoms with Gasteiger partial charge in [0.05, 0.1) is 0 Å². The summed E-state index contributed by atoms with van der Waals surface area (Å²) >= 11 is 0.